The van der Waals surface area contributed by atoms with Crippen molar-refractivity contribution in [1.82, 2.24) is 4.90 Å². The summed E-state index contributed by atoms with van der Waals surface area (Å²) in [5.41, 5.74) is 0.255. The second-order valence-electron chi connectivity index (χ2n) is 8.90. The smallest absolute Gasteiger partial charge is 0.270 e. The van der Waals surface area contributed by atoms with Gasteiger partial charge in [-0.05, 0) is 30.7 Å². The third-order valence-electron chi connectivity index (χ3n) is 6.92. The number of carbonyl (C=O) groups is 3. The number of nitro groups is 2. The van der Waals surface area contributed by atoms with E-state index in [1.807, 2.05) is 6.07 Å². The van der Waals surface area contributed by atoms with Gasteiger partial charge >= 0.3 is 0 Å². The van der Waals surface area contributed by atoms with Gasteiger partial charge in [-0.25, -0.2) is 4.90 Å². The molecule has 0 aliphatic carbocycles. The molecular weight excluding hydrogens is 482 g/mol. The lowest BCUT2D eigenvalue weighted by molar-refractivity contribution is -0.385. The minimum atomic E-state index is -1.16. The molecule has 0 aromatic heterocycles. The maximum absolute atomic E-state index is 13.8. The molecule has 4 unspecified atom stereocenters. The molecular formula is C25H17N5O7. The minimum Gasteiger partial charge on any atom is -0.359 e. The van der Waals surface area contributed by atoms with Crippen LogP contribution in [0.5, 0.6) is 0 Å². The second kappa shape index (κ2) is 8.49. The number of aryl methyl sites for hydroxylation is 1. The van der Waals surface area contributed by atoms with Crippen molar-refractivity contribution in [2.45, 2.75) is 19.0 Å². The van der Waals surface area contributed by atoms with E-state index in [9.17, 15) is 39.9 Å². The van der Waals surface area contributed by atoms with Gasteiger partial charge in [0, 0.05) is 36.0 Å². The zero-order chi connectivity index (χ0) is 26.6. The van der Waals surface area contributed by atoms with Crippen molar-refractivity contribution >= 4 is 34.7 Å². The largest absolute Gasteiger partial charge is 0.359 e. The van der Waals surface area contributed by atoms with Crippen molar-refractivity contribution in [2.75, 3.05) is 4.90 Å². The molecule has 12 heteroatoms. The lowest BCUT2D eigenvalue weighted by Gasteiger charge is -2.32. The number of rotatable bonds is 5. The summed E-state index contributed by atoms with van der Waals surface area (Å²) in [5, 5.41) is 31.8. The molecule has 12 nitrogen and oxygen atoms in total. The number of nitriles is 1. The van der Waals surface area contributed by atoms with Gasteiger partial charge < -0.3 is 4.90 Å². The van der Waals surface area contributed by atoms with Crippen molar-refractivity contribution in [1.29, 1.82) is 5.26 Å². The Labute approximate surface area is 209 Å². The number of nitro benzene ring substituents is 2. The van der Waals surface area contributed by atoms with Crippen LogP contribution in [0.15, 0.2) is 66.4 Å². The van der Waals surface area contributed by atoms with E-state index in [0.717, 1.165) is 11.0 Å². The summed E-state index contributed by atoms with van der Waals surface area (Å²) in [7, 11) is 0. The van der Waals surface area contributed by atoms with Gasteiger partial charge in [-0.15, -0.1) is 0 Å². The van der Waals surface area contributed by atoms with Crippen molar-refractivity contribution in [3.63, 3.8) is 0 Å². The average molecular weight is 499 g/mol. The van der Waals surface area contributed by atoms with E-state index in [2.05, 4.69) is 0 Å². The Kier molecular flexibility index (Phi) is 5.40. The van der Waals surface area contributed by atoms with Gasteiger partial charge in [-0.3, -0.25) is 34.6 Å². The molecule has 0 saturated carbocycles. The summed E-state index contributed by atoms with van der Waals surface area (Å²) in [4.78, 5) is 64.8. The zero-order valence-electron chi connectivity index (χ0n) is 19.2. The second-order valence-corrected chi connectivity index (χ2v) is 8.90. The maximum atomic E-state index is 13.8. The van der Waals surface area contributed by atoms with E-state index in [0.29, 0.717) is 5.56 Å². The fourth-order valence-electron chi connectivity index (χ4n) is 5.31. The van der Waals surface area contributed by atoms with Crippen molar-refractivity contribution in [2.24, 2.45) is 11.8 Å². The Bertz CT molecular complexity index is 1520. The van der Waals surface area contributed by atoms with E-state index in [-0.39, 0.29) is 28.2 Å². The number of carbonyl (C=O) groups excluding carboxylic acids is 3. The fourth-order valence-corrected chi connectivity index (χ4v) is 5.31. The van der Waals surface area contributed by atoms with Gasteiger partial charge in [-0.1, -0.05) is 12.1 Å². The van der Waals surface area contributed by atoms with E-state index in [1.54, 1.807) is 4.90 Å². The monoisotopic (exact) mass is 499 g/mol. The number of hydrogen-bond acceptors (Lipinski definition) is 9. The zero-order valence-corrected chi connectivity index (χ0v) is 19.2. The van der Waals surface area contributed by atoms with Crippen LogP contribution >= 0.6 is 0 Å². The summed E-state index contributed by atoms with van der Waals surface area (Å²) in [5.74, 6) is -3.99. The third-order valence-corrected chi connectivity index (χ3v) is 6.92. The van der Waals surface area contributed by atoms with Gasteiger partial charge in [0.2, 0.25) is 11.8 Å². The number of allylic oxidation sites excluding steroid dienone is 2. The van der Waals surface area contributed by atoms with Crippen LogP contribution in [0.4, 0.5) is 17.1 Å². The highest BCUT2D eigenvalue weighted by atomic mass is 16.6. The molecule has 0 N–H and O–H groups in total. The summed E-state index contributed by atoms with van der Waals surface area (Å²) in [6, 6.07) is 8.94. The Hall–Kier alpha value is -5.18. The molecule has 0 bridgehead atoms. The average Bonchev–Trinajstić information content (AvgIpc) is 3.35. The number of anilines is 1. The molecule has 37 heavy (non-hydrogen) atoms. The predicted octanol–water partition coefficient (Wildman–Crippen LogP) is 2.83. The van der Waals surface area contributed by atoms with Crippen LogP contribution in [-0.2, 0) is 9.59 Å². The van der Waals surface area contributed by atoms with Crippen LogP contribution in [-0.4, -0.2) is 44.4 Å². The van der Waals surface area contributed by atoms with Crippen molar-refractivity contribution < 1.29 is 24.2 Å². The Balaban J connectivity index is 1.60. The molecule has 3 aliphatic heterocycles. The lowest BCUT2D eigenvalue weighted by Crippen LogP contribution is -2.46. The number of imide groups is 1. The first-order valence-electron chi connectivity index (χ1n) is 11.1. The van der Waals surface area contributed by atoms with Crippen LogP contribution < -0.4 is 4.90 Å². The van der Waals surface area contributed by atoms with E-state index >= 15 is 0 Å². The number of ketones is 1. The molecule has 2 aromatic rings. The van der Waals surface area contributed by atoms with E-state index in [4.69, 9.17) is 0 Å². The highest BCUT2D eigenvalue weighted by Crippen LogP contribution is 2.47. The van der Waals surface area contributed by atoms with Gasteiger partial charge in [-0.2, -0.15) is 5.26 Å². The highest BCUT2D eigenvalue weighted by molar-refractivity contribution is 6.25. The Morgan fingerprint density at radius 1 is 1.00 bits per heavy atom. The molecule has 184 valence electrons. The molecule has 3 aliphatic rings. The van der Waals surface area contributed by atoms with E-state index in [1.165, 1.54) is 61.7 Å². The number of amides is 2. The predicted molar refractivity (Wildman–Crippen MR) is 127 cm³/mol. The number of hydrogen-bond donors (Lipinski definition) is 0. The van der Waals surface area contributed by atoms with Crippen LogP contribution in [0.1, 0.15) is 15.9 Å². The number of Topliss-reactive ketones (excluding diaryl/α,β-unsaturated/α-hetero) is 1. The van der Waals surface area contributed by atoms with E-state index < -0.39 is 51.4 Å². The molecule has 2 aromatic carbocycles. The van der Waals surface area contributed by atoms with Crippen LogP contribution in [0.3, 0.4) is 0 Å². The number of fused-ring (bicyclic) bond motifs is 3. The van der Waals surface area contributed by atoms with Crippen molar-refractivity contribution in [3.05, 3.63) is 97.7 Å². The molecule has 3 heterocycles. The molecule has 0 spiro atoms. The van der Waals surface area contributed by atoms with Crippen LogP contribution in [0.25, 0.3) is 0 Å². The van der Waals surface area contributed by atoms with Gasteiger partial charge in [0.15, 0.2) is 5.78 Å². The summed E-state index contributed by atoms with van der Waals surface area (Å²) < 4.78 is 0. The molecule has 2 fully saturated rings. The maximum Gasteiger partial charge on any atom is 0.270 e. The molecule has 2 amide bonds. The van der Waals surface area contributed by atoms with Gasteiger partial charge in [0.05, 0.1) is 45.1 Å². The topological polar surface area (TPSA) is 168 Å². The first kappa shape index (κ1) is 23.6. The standard InChI is InChI=1S/C25H17N5O7/c1-13-9-17(30(36)37)5-6-18(13)28-24(32)20-19-10-14(12-26)7-8-27(19)22(21(20)25(28)33)23(31)15-3-2-4-16(11-15)29(34)35/h2-11,19-22H,1H3. The number of nitrogens with zero attached hydrogens (tertiary/aromatic N) is 5. The molecule has 0 radical (unpaired) electrons. The molecule has 5 rings (SSSR count). The van der Waals surface area contributed by atoms with Gasteiger partial charge in [0.25, 0.3) is 11.4 Å². The van der Waals surface area contributed by atoms with Crippen LogP contribution in [0, 0.1) is 50.3 Å². The fraction of sp³-hybridized carbons (Fsp3) is 0.200. The summed E-state index contributed by atoms with van der Waals surface area (Å²) in [6.07, 6.45) is 4.48. The summed E-state index contributed by atoms with van der Waals surface area (Å²) in [6.45, 7) is 1.53. The summed E-state index contributed by atoms with van der Waals surface area (Å²) >= 11 is 0. The first-order valence-corrected chi connectivity index (χ1v) is 11.1. The number of benzene rings is 2. The Morgan fingerprint density at radius 2 is 1.68 bits per heavy atom. The number of non-ortho nitro benzene ring substituents is 2. The van der Waals surface area contributed by atoms with Crippen molar-refractivity contribution in [3.8, 4) is 6.07 Å². The van der Waals surface area contributed by atoms with Crippen LogP contribution in [0.2, 0.25) is 0 Å². The van der Waals surface area contributed by atoms with Gasteiger partial charge in [0.1, 0.15) is 6.04 Å². The SMILES string of the molecule is Cc1cc([N+](=O)[O-])ccc1N1C(=O)C2C(C1=O)C(C(=O)c1cccc([N+](=O)[O-])c1)N1C=CC(C#N)=CC21. The highest BCUT2D eigenvalue weighted by Gasteiger charge is 2.63. The quantitative estimate of drug-likeness (QED) is 0.260. The lowest BCUT2D eigenvalue weighted by atomic mass is 9.86. The molecule has 2 saturated heterocycles. The third kappa shape index (κ3) is 3.56. The normalized spacial score (nSPS) is 23.8. The first-order chi connectivity index (χ1) is 17.6. The minimum absolute atomic E-state index is 0.00674. The molecule has 4 atom stereocenters. The Morgan fingerprint density at radius 3 is 2.32 bits per heavy atom.